The Morgan fingerprint density at radius 3 is 0.812 bits per heavy atom. The van der Waals surface area contributed by atoms with Crippen LogP contribution in [-0.4, -0.2) is 38.0 Å². The van der Waals surface area contributed by atoms with E-state index in [4.69, 9.17) is 0 Å². The van der Waals surface area contributed by atoms with Gasteiger partial charge in [-0.05, 0) is 72.7 Å². The summed E-state index contributed by atoms with van der Waals surface area (Å²) in [7, 11) is 6.74. The molecule has 0 aliphatic heterocycles. The Morgan fingerprint density at radius 1 is 0.469 bits per heavy atom. The normalized spacial score (nSPS) is 16.1. The van der Waals surface area contributed by atoms with Gasteiger partial charge in [-0.15, -0.1) is 0 Å². The van der Waals surface area contributed by atoms with Gasteiger partial charge in [-0.1, -0.05) is 90.1 Å². The van der Waals surface area contributed by atoms with Crippen LogP contribution >= 0.6 is 0 Å². The van der Waals surface area contributed by atoms with Crippen molar-refractivity contribution in [3.8, 4) is 0 Å². The van der Waals surface area contributed by atoms with Crippen molar-refractivity contribution in [2.24, 2.45) is 0 Å². The van der Waals surface area contributed by atoms with Gasteiger partial charge in [0.25, 0.3) is 0 Å². The van der Waals surface area contributed by atoms with Crippen LogP contribution in [0.2, 0.25) is 0 Å². The Hall–Kier alpha value is -0.525. The maximum atomic E-state index is 14.5. The van der Waals surface area contributed by atoms with E-state index < -0.39 is 11.4 Å². The molecule has 0 amide bonds. The van der Waals surface area contributed by atoms with Crippen molar-refractivity contribution in [1.29, 1.82) is 0 Å². The van der Waals surface area contributed by atoms with Crippen LogP contribution in [0.1, 0.15) is 63.8 Å². The minimum atomic E-state index is -2.03. The molecular weight excluding hydrogens is 386 g/mol. The van der Waals surface area contributed by atoms with Gasteiger partial charge >= 0.3 is 37.7 Å². The molecule has 0 fully saturated rings. The van der Waals surface area contributed by atoms with E-state index in [1.807, 2.05) is 48.5 Å². The van der Waals surface area contributed by atoms with E-state index in [1.54, 1.807) is 28.2 Å². The minimum Gasteiger partial charge on any atom is -0.834 e. The van der Waals surface area contributed by atoms with Crippen LogP contribution in [-0.2, 0) is 22.3 Å². The first kappa shape index (κ1) is 31.5. The molecule has 2 aromatic carbocycles. The summed E-state index contributed by atoms with van der Waals surface area (Å²) in [6.45, 7) is 12.8. The Balaban J connectivity index is 0.00000480. The number of hydrogen-bond acceptors (Lipinski definition) is 4. The van der Waals surface area contributed by atoms with Gasteiger partial charge in [0.15, 0.2) is 0 Å². The van der Waals surface area contributed by atoms with E-state index in [2.05, 4.69) is 41.5 Å². The zero-order chi connectivity index (χ0) is 23.1. The first-order valence-corrected chi connectivity index (χ1v) is 10.5. The zero-order valence-corrected chi connectivity index (χ0v) is 22.3. The van der Waals surface area contributed by atoms with Crippen LogP contribution in [0, 0.1) is 0 Å². The van der Waals surface area contributed by atoms with Crippen LogP contribution < -0.4 is 47.9 Å². The third kappa shape index (κ3) is 5.75. The molecule has 6 heteroatoms. The van der Waals surface area contributed by atoms with Gasteiger partial charge in [0.1, 0.15) is 0 Å². The van der Waals surface area contributed by atoms with Crippen molar-refractivity contribution in [2.45, 2.75) is 63.8 Å². The van der Waals surface area contributed by atoms with Gasteiger partial charge in [-0.2, -0.15) is 0 Å². The number of hydrogen-bond donors (Lipinski definition) is 0. The Bertz CT molecular complexity index is 780. The molecule has 0 bridgehead atoms. The fourth-order valence-corrected chi connectivity index (χ4v) is 3.91. The molecular formula is C26H38Li2N2O2. The molecule has 0 N–H and O–H groups in total. The first-order valence-electron chi connectivity index (χ1n) is 10.5. The first-order chi connectivity index (χ1) is 13.6. The molecule has 0 saturated carbocycles. The van der Waals surface area contributed by atoms with E-state index in [1.165, 1.54) is 9.80 Å². The average molecular weight is 424 g/mol. The summed E-state index contributed by atoms with van der Waals surface area (Å²) < 4.78 is 0. The third-order valence-electron chi connectivity index (χ3n) is 6.00. The topological polar surface area (TPSA) is 52.6 Å². The number of benzene rings is 2. The van der Waals surface area contributed by atoms with E-state index >= 15 is 0 Å². The molecule has 0 aliphatic carbocycles. The maximum Gasteiger partial charge on any atom is 1.00 e. The summed E-state index contributed by atoms with van der Waals surface area (Å²) in [6, 6.07) is 15.1. The van der Waals surface area contributed by atoms with Crippen molar-refractivity contribution in [3.05, 3.63) is 70.8 Å². The van der Waals surface area contributed by atoms with Gasteiger partial charge in [-0.3, -0.25) is 0 Å². The van der Waals surface area contributed by atoms with E-state index in [9.17, 15) is 10.2 Å². The Kier molecular flexibility index (Phi) is 10.6. The molecule has 0 aliphatic rings. The second-order valence-corrected chi connectivity index (χ2v) is 10.7. The molecule has 0 saturated heterocycles. The van der Waals surface area contributed by atoms with Crippen LogP contribution in [0.4, 0.5) is 0 Å². The predicted molar refractivity (Wildman–Crippen MR) is 121 cm³/mol. The fourth-order valence-electron chi connectivity index (χ4n) is 3.91. The van der Waals surface area contributed by atoms with Crippen molar-refractivity contribution in [2.75, 3.05) is 28.2 Å². The van der Waals surface area contributed by atoms with Crippen LogP contribution in [0.3, 0.4) is 0 Å². The number of rotatable bonds is 5. The van der Waals surface area contributed by atoms with Crippen LogP contribution in [0.5, 0.6) is 0 Å². The van der Waals surface area contributed by atoms with E-state index in [-0.39, 0.29) is 48.6 Å². The van der Waals surface area contributed by atoms with Crippen molar-refractivity contribution >= 4 is 0 Å². The minimum absolute atomic E-state index is 0. The molecule has 2 rings (SSSR count). The average Bonchev–Trinajstić information content (AvgIpc) is 2.65. The summed E-state index contributed by atoms with van der Waals surface area (Å²) in [5.41, 5.74) is -0.936. The molecule has 166 valence electrons. The van der Waals surface area contributed by atoms with Crippen molar-refractivity contribution in [3.63, 3.8) is 0 Å². The van der Waals surface area contributed by atoms with E-state index in [0.717, 1.165) is 11.1 Å². The third-order valence-corrected chi connectivity index (χ3v) is 6.00. The van der Waals surface area contributed by atoms with Gasteiger partial charge in [0, 0.05) is 0 Å². The predicted octanol–water partition coefficient (Wildman–Crippen LogP) is -2.86. The molecule has 0 heterocycles. The summed E-state index contributed by atoms with van der Waals surface area (Å²) in [6.07, 6.45) is 0. The second kappa shape index (κ2) is 10.8. The van der Waals surface area contributed by atoms with Crippen LogP contribution in [0.15, 0.2) is 48.5 Å². The van der Waals surface area contributed by atoms with Gasteiger partial charge in [0.2, 0.25) is 0 Å². The summed E-state index contributed by atoms with van der Waals surface area (Å²) in [4.78, 5) is 3.01. The summed E-state index contributed by atoms with van der Waals surface area (Å²) in [5, 5.41) is 29.0. The maximum absolute atomic E-state index is 14.5. The molecule has 0 radical (unpaired) electrons. The van der Waals surface area contributed by atoms with Crippen molar-refractivity contribution in [1.82, 2.24) is 9.80 Å². The summed E-state index contributed by atoms with van der Waals surface area (Å²) in [5.74, 6) is 0. The number of likely N-dealkylation sites (N-methyl/N-ethyl adjacent to an activating group) is 2. The van der Waals surface area contributed by atoms with Gasteiger partial charge in [0.05, 0.1) is 0 Å². The number of nitrogens with zero attached hydrogens (tertiary/aromatic N) is 2. The fraction of sp³-hybridized carbons (Fsp3) is 0.538. The largest absolute Gasteiger partial charge is 1.00 e. The van der Waals surface area contributed by atoms with Crippen LogP contribution in [0.25, 0.3) is 0 Å². The SMILES string of the molecule is CN(C)C([O-])(c1ccc(C(C)(C)C)cc1)C([O-])(c1ccc(C(C)(C)C)cc1)N(C)C.[Li+].[Li+]. The van der Waals surface area contributed by atoms with Gasteiger partial charge < -0.3 is 20.0 Å². The molecule has 2 aromatic rings. The zero-order valence-electron chi connectivity index (χ0n) is 22.3. The molecule has 0 aromatic heterocycles. The van der Waals surface area contributed by atoms with Gasteiger partial charge in [-0.25, -0.2) is 0 Å². The summed E-state index contributed by atoms with van der Waals surface area (Å²) >= 11 is 0. The Morgan fingerprint density at radius 2 is 0.656 bits per heavy atom. The molecule has 2 unspecified atom stereocenters. The van der Waals surface area contributed by atoms with E-state index in [0.29, 0.717) is 11.1 Å². The smallest absolute Gasteiger partial charge is 0.834 e. The molecule has 0 spiro atoms. The molecule has 32 heavy (non-hydrogen) atoms. The molecule has 4 nitrogen and oxygen atoms in total. The second-order valence-electron chi connectivity index (χ2n) is 10.7. The standard InChI is InChI=1S/C26H38N2O2.2Li/c1-23(2,3)19-11-15-21(16-12-19)25(29,27(7)8)26(30,28(9)10)22-17-13-20(14-18-22)24(4,5)6;;/h11-18H,1-10H3;;/q-2;2*+1. The molecule has 2 atom stereocenters. The Labute approximate surface area is 219 Å². The van der Waals surface area contributed by atoms with Crippen molar-refractivity contribution < 1.29 is 47.9 Å². The monoisotopic (exact) mass is 424 g/mol. The quantitative estimate of drug-likeness (QED) is 0.383.